The molecular weight excluding hydrogens is 243 g/mol. The second kappa shape index (κ2) is 4.19. The van der Waals surface area contributed by atoms with Crippen LogP contribution in [0, 0.1) is 12.7 Å². The lowest BCUT2D eigenvalue weighted by Gasteiger charge is -2.11. The maximum Gasteiger partial charge on any atom is 0.304 e. The number of aliphatic carboxylic acids is 1. The molecule has 0 heterocycles. The summed E-state index contributed by atoms with van der Waals surface area (Å²) >= 11 is 0. The molecule has 0 fully saturated rings. The van der Waals surface area contributed by atoms with Gasteiger partial charge < -0.3 is 5.11 Å². The summed E-state index contributed by atoms with van der Waals surface area (Å²) in [5, 5.41) is 9.07. The van der Waals surface area contributed by atoms with E-state index in [0.29, 0.717) is 0 Å². The minimum absolute atomic E-state index is 0.00704. The lowest BCUT2D eigenvalue weighted by molar-refractivity contribution is -0.137. The highest BCUT2D eigenvalue weighted by Gasteiger charge is 2.30. The monoisotopic (exact) mass is 256 g/mol. The Morgan fingerprint density at radius 3 is 2.47 bits per heavy atom. The lowest BCUT2D eigenvalue weighted by Crippen LogP contribution is -2.05. The number of aryl methyl sites for hydroxylation is 1. The van der Waals surface area contributed by atoms with Crippen molar-refractivity contribution in [2.45, 2.75) is 19.3 Å². The number of carboxylic acids is 1. The van der Waals surface area contributed by atoms with Gasteiger partial charge in [-0.15, -0.1) is 0 Å². The molecule has 0 aromatic heterocycles. The molecule has 3 heteroatoms. The van der Waals surface area contributed by atoms with Gasteiger partial charge in [-0.1, -0.05) is 29.8 Å². The average Bonchev–Trinajstić information content (AvgIpc) is 2.62. The molecule has 0 aliphatic heterocycles. The maximum absolute atomic E-state index is 13.4. The van der Waals surface area contributed by atoms with E-state index in [1.54, 1.807) is 6.07 Å². The van der Waals surface area contributed by atoms with Crippen LogP contribution in [0.2, 0.25) is 0 Å². The Kier molecular flexibility index (Phi) is 2.63. The normalized spacial score (nSPS) is 16.0. The first-order valence-electron chi connectivity index (χ1n) is 6.18. The van der Waals surface area contributed by atoms with Crippen LogP contribution < -0.4 is 0 Å². The summed E-state index contributed by atoms with van der Waals surface area (Å²) in [6, 6.07) is 10.6. The van der Waals surface area contributed by atoms with E-state index in [-0.39, 0.29) is 18.2 Å². The van der Waals surface area contributed by atoms with Crippen LogP contribution in [0.15, 0.2) is 36.4 Å². The molecule has 2 aromatic rings. The van der Waals surface area contributed by atoms with Gasteiger partial charge in [0, 0.05) is 5.92 Å². The van der Waals surface area contributed by atoms with E-state index >= 15 is 0 Å². The summed E-state index contributed by atoms with van der Waals surface area (Å²) < 4.78 is 13.4. The molecule has 0 radical (unpaired) electrons. The van der Waals surface area contributed by atoms with Gasteiger partial charge in [0.15, 0.2) is 0 Å². The zero-order valence-corrected chi connectivity index (χ0v) is 10.5. The van der Waals surface area contributed by atoms with Gasteiger partial charge in [0.2, 0.25) is 0 Å². The molecule has 1 aliphatic carbocycles. The van der Waals surface area contributed by atoms with Crippen molar-refractivity contribution >= 4 is 5.97 Å². The van der Waals surface area contributed by atoms with Crippen molar-refractivity contribution in [3.05, 3.63) is 58.9 Å². The average molecular weight is 256 g/mol. The number of hydrogen-bond acceptors (Lipinski definition) is 1. The third-order valence-electron chi connectivity index (χ3n) is 3.64. The number of carbonyl (C=O) groups is 1. The SMILES string of the molecule is Cc1ccc2c(c1)C(CC(=O)O)c1cc(F)ccc1-2. The van der Waals surface area contributed by atoms with Crippen molar-refractivity contribution in [3.8, 4) is 11.1 Å². The number of carboxylic acid groups (broad SMARTS) is 1. The van der Waals surface area contributed by atoms with Gasteiger partial charge in [0.1, 0.15) is 5.82 Å². The molecule has 96 valence electrons. The molecule has 2 nitrogen and oxygen atoms in total. The van der Waals surface area contributed by atoms with Gasteiger partial charge >= 0.3 is 5.97 Å². The molecule has 0 amide bonds. The van der Waals surface area contributed by atoms with Crippen molar-refractivity contribution in [2.75, 3.05) is 0 Å². The molecule has 1 aliphatic rings. The molecule has 0 saturated carbocycles. The van der Waals surface area contributed by atoms with E-state index in [9.17, 15) is 9.18 Å². The molecule has 1 unspecified atom stereocenters. The minimum atomic E-state index is -0.866. The van der Waals surface area contributed by atoms with E-state index in [2.05, 4.69) is 0 Å². The van der Waals surface area contributed by atoms with Crippen molar-refractivity contribution in [2.24, 2.45) is 0 Å². The van der Waals surface area contributed by atoms with E-state index in [4.69, 9.17) is 5.11 Å². The third kappa shape index (κ3) is 1.91. The van der Waals surface area contributed by atoms with Crippen LogP contribution in [-0.2, 0) is 4.79 Å². The largest absolute Gasteiger partial charge is 0.481 e. The molecular formula is C16H13FO2. The summed E-state index contributed by atoms with van der Waals surface area (Å²) in [5.74, 6) is -1.44. The van der Waals surface area contributed by atoms with Crippen LogP contribution >= 0.6 is 0 Å². The molecule has 1 atom stereocenters. The summed E-state index contributed by atoms with van der Waals surface area (Å²) in [6.45, 7) is 1.97. The number of halogens is 1. The Hall–Kier alpha value is -2.16. The highest BCUT2D eigenvalue weighted by Crippen LogP contribution is 2.46. The van der Waals surface area contributed by atoms with Crippen molar-refractivity contribution in [1.29, 1.82) is 0 Å². The predicted molar refractivity (Wildman–Crippen MR) is 70.7 cm³/mol. The highest BCUT2D eigenvalue weighted by atomic mass is 19.1. The lowest BCUT2D eigenvalue weighted by atomic mass is 9.93. The van der Waals surface area contributed by atoms with Crippen LogP contribution in [-0.4, -0.2) is 11.1 Å². The fourth-order valence-electron chi connectivity index (χ4n) is 2.84. The van der Waals surface area contributed by atoms with Gasteiger partial charge in [-0.2, -0.15) is 0 Å². The Bertz CT molecular complexity index is 625. The van der Waals surface area contributed by atoms with Crippen molar-refractivity contribution in [3.63, 3.8) is 0 Å². The molecule has 19 heavy (non-hydrogen) atoms. The maximum atomic E-state index is 13.4. The standard InChI is InChI=1S/C16H13FO2/c1-9-2-4-11-12-5-3-10(17)7-14(12)15(8-16(18)19)13(11)6-9/h2-7,15H,8H2,1H3,(H,18,19). The summed E-state index contributed by atoms with van der Waals surface area (Å²) in [6.07, 6.45) is -0.00704. The van der Waals surface area contributed by atoms with Crippen molar-refractivity contribution < 1.29 is 14.3 Å². The smallest absolute Gasteiger partial charge is 0.304 e. The predicted octanol–water partition coefficient (Wildman–Crippen LogP) is 3.72. The second-order valence-corrected chi connectivity index (χ2v) is 4.97. The first kappa shape index (κ1) is 11.9. The quantitative estimate of drug-likeness (QED) is 0.889. The summed E-state index contributed by atoms with van der Waals surface area (Å²) in [5.41, 5.74) is 4.82. The topological polar surface area (TPSA) is 37.3 Å². The van der Waals surface area contributed by atoms with E-state index in [0.717, 1.165) is 27.8 Å². The molecule has 0 spiro atoms. The number of fused-ring (bicyclic) bond motifs is 3. The molecule has 0 saturated heterocycles. The summed E-state index contributed by atoms with van der Waals surface area (Å²) in [4.78, 5) is 11.1. The first-order chi connectivity index (χ1) is 9.06. The zero-order chi connectivity index (χ0) is 13.6. The van der Waals surface area contributed by atoms with Crippen LogP contribution in [0.4, 0.5) is 4.39 Å². The van der Waals surface area contributed by atoms with Crippen molar-refractivity contribution in [1.82, 2.24) is 0 Å². The van der Waals surface area contributed by atoms with Crippen LogP contribution in [0.3, 0.4) is 0 Å². The van der Waals surface area contributed by atoms with Gasteiger partial charge in [-0.25, -0.2) is 4.39 Å². The Labute approximate surface area is 110 Å². The van der Waals surface area contributed by atoms with Crippen LogP contribution in [0.25, 0.3) is 11.1 Å². The van der Waals surface area contributed by atoms with Crippen LogP contribution in [0.5, 0.6) is 0 Å². The number of hydrogen-bond donors (Lipinski definition) is 1. The third-order valence-corrected chi connectivity index (χ3v) is 3.64. The Morgan fingerprint density at radius 2 is 1.79 bits per heavy atom. The molecule has 2 aromatic carbocycles. The van der Waals surface area contributed by atoms with Gasteiger partial charge in [0.25, 0.3) is 0 Å². The second-order valence-electron chi connectivity index (χ2n) is 4.97. The first-order valence-corrected chi connectivity index (χ1v) is 6.18. The van der Waals surface area contributed by atoms with E-state index in [1.165, 1.54) is 12.1 Å². The highest BCUT2D eigenvalue weighted by molar-refractivity contribution is 5.82. The van der Waals surface area contributed by atoms with Gasteiger partial charge in [-0.3, -0.25) is 4.79 Å². The molecule has 3 rings (SSSR count). The fourth-order valence-corrected chi connectivity index (χ4v) is 2.84. The van der Waals surface area contributed by atoms with Crippen LogP contribution in [0.1, 0.15) is 29.0 Å². The molecule has 0 bridgehead atoms. The van der Waals surface area contributed by atoms with Gasteiger partial charge in [0.05, 0.1) is 6.42 Å². The number of rotatable bonds is 2. The van der Waals surface area contributed by atoms with E-state index in [1.807, 2.05) is 25.1 Å². The Morgan fingerprint density at radius 1 is 1.16 bits per heavy atom. The summed E-state index contributed by atoms with van der Waals surface area (Å²) in [7, 11) is 0. The Balaban J connectivity index is 2.22. The zero-order valence-electron chi connectivity index (χ0n) is 10.5. The van der Waals surface area contributed by atoms with Gasteiger partial charge in [-0.05, 0) is 41.3 Å². The molecule has 1 N–H and O–H groups in total. The van der Waals surface area contributed by atoms with E-state index < -0.39 is 5.97 Å². The fraction of sp³-hybridized carbons (Fsp3) is 0.188. The minimum Gasteiger partial charge on any atom is -0.481 e. The number of benzene rings is 2.